The molecule has 202 valence electrons. The van der Waals surface area contributed by atoms with Crippen LogP contribution in [0.15, 0.2) is 30.3 Å². The molecule has 2 rings (SSSR count). The number of carbonyl (C=O) groups is 3. The molecule has 13 heteroatoms. The lowest BCUT2D eigenvalue weighted by Gasteiger charge is -2.19. The summed E-state index contributed by atoms with van der Waals surface area (Å²) in [6.07, 6.45) is -0.450. The van der Waals surface area contributed by atoms with Crippen molar-refractivity contribution in [1.82, 2.24) is 15.5 Å². The van der Waals surface area contributed by atoms with Crippen molar-refractivity contribution in [2.24, 2.45) is 0 Å². The molecule has 0 fully saturated rings. The van der Waals surface area contributed by atoms with E-state index < -0.39 is 17.6 Å². The highest BCUT2D eigenvalue weighted by atomic mass is 16.6. The number of nitrogens with zero attached hydrogens (tertiary/aromatic N) is 2. The lowest BCUT2D eigenvalue weighted by Crippen LogP contribution is -2.34. The topological polar surface area (TPSA) is 176 Å². The average Bonchev–Trinajstić information content (AvgIpc) is 2.82. The van der Waals surface area contributed by atoms with Gasteiger partial charge in [0, 0.05) is 18.3 Å². The molecule has 0 saturated heterocycles. The Morgan fingerprint density at radius 2 is 1.68 bits per heavy atom. The smallest absolute Gasteiger partial charge is 0.407 e. The standard InChI is InChI=1S/C24H34N6O7/c1-24(2,3)37-23(33)26-10-12-36-14-13-35-11-9-20(31)27-18-15-16(25)5-6-17(18)22(32)28-19-7-8-21(34-4)30-29-19/h5-8,15H,9-14,25H2,1-4H3,(H,26,33)(H,27,31)(H,28,29,32). The molecule has 13 nitrogen and oxygen atoms in total. The van der Waals surface area contributed by atoms with Gasteiger partial charge in [-0.3, -0.25) is 9.59 Å². The van der Waals surface area contributed by atoms with Crippen molar-refractivity contribution in [1.29, 1.82) is 0 Å². The lowest BCUT2D eigenvalue weighted by atomic mass is 10.1. The Bertz CT molecular complexity index is 1040. The van der Waals surface area contributed by atoms with E-state index in [4.69, 9.17) is 24.7 Å². The number of nitrogens with two attached hydrogens (primary N) is 1. The monoisotopic (exact) mass is 518 g/mol. The van der Waals surface area contributed by atoms with Crippen LogP contribution in [0.5, 0.6) is 5.88 Å². The number of carbonyl (C=O) groups excluding carboxylic acids is 3. The zero-order chi connectivity index (χ0) is 27.3. The van der Waals surface area contributed by atoms with Gasteiger partial charge in [-0.1, -0.05) is 0 Å². The van der Waals surface area contributed by atoms with Crippen LogP contribution >= 0.6 is 0 Å². The van der Waals surface area contributed by atoms with E-state index >= 15 is 0 Å². The molecule has 3 amide bonds. The third-order valence-corrected chi connectivity index (χ3v) is 4.41. The molecule has 0 radical (unpaired) electrons. The SMILES string of the molecule is COc1ccc(NC(=O)c2ccc(N)cc2NC(=O)CCOCCOCCNC(=O)OC(C)(C)C)nn1. The lowest BCUT2D eigenvalue weighted by molar-refractivity contribution is -0.117. The summed E-state index contributed by atoms with van der Waals surface area (Å²) < 4.78 is 20.8. The molecule has 1 aromatic carbocycles. The van der Waals surface area contributed by atoms with Gasteiger partial charge in [-0.25, -0.2) is 4.79 Å². The number of nitrogen functional groups attached to an aromatic ring is 1. The van der Waals surface area contributed by atoms with E-state index in [-0.39, 0.29) is 42.6 Å². The normalized spacial score (nSPS) is 10.9. The van der Waals surface area contributed by atoms with E-state index in [1.807, 2.05) is 0 Å². The van der Waals surface area contributed by atoms with Crippen LogP contribution in [0.4, 0.5) is 22.0 Å². The Labute approximate surface area is 215 Å². The van der Waals surface area contributed by atoms with Crippen LogP contribution in [-0.4, -0.2) is 73.8 Å². The Morgan fingerprint density at radius 1 is 0.946 bits per heavy atom. The molecule has 0 atom stereocenters. The van der Waals surface area contributed by atoms with Gasteiger partial charge in [0.15, 0.2) is 5.82 Å². The van der Waals surface area contributed by atoms with E-state index in [2.05, 4.69) is 26.1 Å². The summed E-state index contributed by atoms with van der Waals surface area (Å²) >= 11 is 0. The number of hydrogen-bond donors (Lipinski definition) is 4. The summed E-state index contributed by atoms with van der Waals surface area (Å²) in [7, 11) is 1.46. The van der Waals surface area contributed by atoms with E-state index in [9.17, 15) is 14.4 Å². The Morgan fingerprint density at radius 3 is 2.32 bits per heavy atom. The highest BCUT2D eigenvalue weighted by Crippen LogP contribution is 2.21. The van der Waals surface area contributed by atoms with Gasteiger partial charge >= 0.3 is 6.09 Å². The summed E-state index contributed by atoms with van der Waals surface area (Å²) in [6.45, 7) is 6.67. The number of nitrogens with one attached hydrogen (secondary N) is 3. The molecular weight excluding hydrogens is 484 g/mol. The minimum atomic E-state index is -0.557. The first-order valence-electron chi connectivity index (χ1n) is 11.6. The number of benzene rings is 1. The van der Waals surface area contributed by atoms with Crippen molar-refractivity contribution in [3.05, 3.63) is 35.9 Å². The fourth-order valence-corrected chi connectivity index (χ4v) is 2.78. The number of aromatic nitrogens is 2. The molecule has 0 unspecified atom stereocenters. The first-order chi connectivity index (χ1) is 17.6. The largest absolute Gasteiger partial charge is 0.480 e. The molecule has 1 heterocycles. The quantitative estimate of drug-likeness (QED) is 0.227. The Kier molecular flexibility index (Phi) is 11.5. The summed E-state index contributed by atoms with van der Waals surface area (Å²) in [6, 6.07) is 7.64. The van der Waals surface area contributed by atoms with Crippen LogP contribution in [0.2, 0.25) is 0 Å². The molecular formula is C24H34N6O7. The van der Waals surface area contributed by atoms with Gasteiger partial charge in [0.1, 0.15) is 5.60 Å². The van der Waals surface area contributed by atoms with E-state index in [1.165, 1.54) is 25.3 Å². The second-order valence-electron chi connectivity index (χ2n) is 8.67. The highest BCUT2D eigenvalue weighted by molar-refractivity contribution is 6.10. The van der Waals surface area contributed by atoms with Gasteiger partial charge < -0.3 is 40.6 Å². The van der Waals surface area contributed by atoms with Gasteiger partial charge in [0.2, 0.25) is 11.8 Å². The zero-order valence-electron chi connectivity index (χ0n) is 21.5. The summed E-state index contributed by atoms with van der Waals surface area (Å²) in [4.78, 5) is 36.6. The summed E-state index contributed by atoms with van der Waals surface area (Å²) in [5.74, 6) is -0.325. The van der Waals surface area contributed by atoms with Gasteiger partial charge in [-0.15, -0.1) is 10.2 Å². The summed E-state index contributed by atoms with van der Waals surface area (Å²) in [5, 5.41) is 15.5. The number of rotatable bonds is 13. The fraction of sp³-hybridized carbons (Fsp3) is 0.458. The maximum atomic E-state index is 12.7. The first kappa shape index (κ1) is 29.3. The second-order valence-corrected chi connectivity index (χ2v) is 8.67. The van der Waals surface area contributed by atoms with E-state index in [0.29, 0.717) is 31.3 Å². The first-order valence-corrected chi connectivity index (χ1v) is 11.6. The molecule has 0 aliphatic carbocycles. The van der Waals surface area contributed by atoms with Crippen molar-refractivity contribution in [2.75, 3.05) is 56.4 Å². The molecule has 0 bridgehead atoms. The molecule has 5 N–H and O–H groups in total. The third kappa shape index (κ3) is 11.5. The van der Waals surface area contributed by atoms with Crippen LogP contribution in [0.3, 0.4) is 0 Å². The van der Waals surface area contributed by atoms with Crippen molar-refractivity contribution < 1.29 is 33.3 Å². The van der Waals surface area contributed by atoms with Crippen LogP contribution in [0.1, 0.15) is 37.6 Å². The number of amides is 3. The van der Waals surface area contributed by atoms with Crippen LogP contribution < -0.4 is 26.4 Å². The maximum Gasteiger partial charge on any atom is 0.407 e. The second kappa shape index (κ2) is 14.6. The maximum absolute atomic E-state index is 12.7. The number of anilines is 3. The van der Waals surface area contributed by atoms with Gasteiger partial charge in [-0.2, -0.15) is 0 Å². The number of methoxy groups -OCH3 is 1. The highest BCUT2D eigenvalue weighted by Gasteiger charge is 2.16. The molecule has 2 aromatic rings. The molecule has 0 saturated carbocycles. The zero-order valence-corrected chi connectivity index (χ0v) is 21.5. The number of hydrogen-bond acceptors (Lipinski definition) is 10. The van der Waals surface area contributed by atoms with Crippen molar-refractivity contribution >= 4 is 35.1 Å². The van der Waals surface area contributed by atoms with Crippen molar-refractivity contribution in [2.45, 2.75) is 32.8 Å². The third-order valence-electron chi connectivity index (χ3n) is 4.41. The number of alkyl carbamates (subject to hydrolysis) is 1. The summed E-state index contributed by atoms with van der Waals surface area (Å²) in [5.41, 5.74) is 6.11. The predicted octanol–water partition coefficient (Wildman–Crippen LogP) is 2.21. The van der Waals surface area contributed by atoms with Crippen LogP contribution in [-0.2, 0) is 19.0 Å². The van der Waals surface area contributed by atoms with Gasteiger partial charge in [0.05, 0.1) is 51.2 Å². The molecule has 0 aliphatic heterocycles. The van der Waals surface area contributed by atoms with E-state index in [1.54, 1.807) is 32.9 Å². The van der Waals surface area contributed by atoms with Crippen LogP contribution in [0, 0.1) is 0 Å². The predicted molar refractivity (Wildman–Crippen MR) is 137 cm³/mol. The average molecular weight is 519 g/mol. The van der Waals surface area contributed by atoms with Gasteiger partial charge in [-0.05, 0) is 45.0 Å². The Hall–Kier alpha value is -3.97. The van der Waals surface area contributed by atoms with E-state index in [0.717, 1.165) is 0 Å². The minimum absolute atomic E-state index is 0.0556. The van der Waals surface area contributed by atoms with Crippen LogP contribution in [0.25, 0.3) is 0 Å². The van der Waals surface area contributed by atoms with Crippen molar-refractivity contribution in [3.8, 4) is 5.88 Å². The fourth-order valence-electron chi connectivity index (χ4n) is 2.78. The molecule has 1 aromatic heterocycles. The number of ether oxygens (including phenoxy) is 4. The van der Waals surface area contributed by atoms with Gasteiger partial charge in [0.25, 0.3) is 5.91 Å². The minimum Gasteiger partial charge on any atom is -0.480 e. The molecule has 0 spiro atoms. The molecule has 37 heavy (non-hydrogen) atoms. The Balaban J connectivity index is 1.70. The molecule has 0 aliphatic rings. The van der Waals surface area contributed by atoms with Crippen molar-refractivity contribution in [3.63, 3.8) is 0 Å².